The van der Waals surface area contributed by atoms with Gasteiger partial charge in [-0.05, 0) is 43.9 Å². The molecule has 6 nitrogen and oxygen atoms in total. The van der Waals surface area contributed by atoms with Gasteiger partial charge < -0.3 is 15.2 Å². The molecule has 0 spiro atoms. The summed E-state index contributed by atoms with van der Waals surface area (Å²) in [5.41, 5.74) is -0.0945. The van der Waals surface area contributed by atoms with Crippen LogP contribution in [0.1, 0.15) is 61.4 Å². The van der Waals surface area contributed by atoms with Crippen LogP contribution in [0.15, 0.2) is 29.3 Å². The number of alkyl halides is 3. The monoisotopic (exact) mass is 422 g/mol. The Morgan fingerprint density at radius 3 is 2.83 bits per heavy atom. The number of fused-ring (bicyclic) bond motifs is 1. The number of hydrogen-bond donors (Lipinski definition) is 2. The lowest BCUT2D eigenvalue weighted by molar-refractivity contribution is -0.137. The topological polar surface area (TPSA) is 67.1 Å². The second-order valence-corrected chi connectivity index (χ2v) is 7.59. The fourth-order valence-electron chi connectivity index (χ4n) is 3.65. The Hall–Kier alpha value is -2.58. The van der Waals surface area contributed by atoms with Crippen molar-refractivity contribution in [3.8, 4) is 0 Å². The van der Waals surface area contributed by atoms with Crippen LogP contribution in [0.2, 0.25) is 0 Å². The van der Waals surface area contributed by atoms with Crippen molar-refractivity contribution in [2.75, 3.05) is 13.6 Å². The number of hydrogen-bond acceptors (Lipinski definition) is 3. The number of aryl methyl sites for hydroxylation is 2. The highest BCUT2D eigenvalue weighted by atomic mass is 19.4. The maximum atomic E-state index is 12.9. The van der Waals surface area contributed by atoms with Gasteiger partial charge in [-0.15, -0.1) is 10.2 Å². The fourth-order valence-corrected chi connectivity index (χ4v) is 3.65. The van der Waals surface area contributed by atoms with Crippen LogP contribution in [-0.2, 0) is 25.6 Å². The standard InChI is InChI=1S/C21H29F3N6/c1-15(16-8-6-9-17(14-16)21(22,23)24)27-20(25-2)26-12-7-11-19-29-28-18-10-4-3-5-13-30(18)19/h6,8-9,14-15H,3-5,7,10-13H2,1-2H3,(H2,25,26,27). The molecule has 2 aromatic rings. The lowest BCUT2D eigenvalue weighted by Crippen LogP contribution is -2.39. The van der Waals surface area contributed by atoms with Crippen LogP contribution in [0.25, 0.3) is 0 Å². The van der Waals surface area contributed by atoms with E-state index < -0.39 is 11.7 Å². The summed E-state index contributed by atoms with van der Waals surface area (Å²) in [6.07, 6.45) is 1.89. The zero-order valence-electron chi connectivity index (χ0n) is 17.5. The van der Waals surface area contributed by atoms with E-state index in [1.165, 1.54) is 31.4 Å². The van der Waals surface area contributed by atoms with Gasteiger partial charge in [-0.25, -0.2) is 0 Å². The predicted octanol–water partition coefficient (Wildman–Crippen LogP) is 3.88. The average Bonchev–Trinajstić information content (AvgIpc) is 2.95. The molecule has 1 aromatic heterocycles. The van der Waals surface area contributed by atoms with Crippen LogP contribution in [0.5, 0.6) is 0 Å². The highest BCUT2D eigenvalue weighted by Crippen LogP contribution is 2.30. The van der Waals surface area contributed by atoms with Crippen LogP contribution in [0, 0.1) is 0 Å². The first-order chi connectivity index (χ1) is 14.4. The summed E-state index contributed by atoms with van der Waals surface area (Å²) < 4.78 is 41.1. The van der Waals surface area contributed by atoms with Crippen LogP contribution >= 0.6 is 0 Å². The smallest absolute Gasteiger partial charge is 0.356 e. The Morgan fingerprint density at radius 1 is 1.23 bits per heavy atom. The third kappa shape index (κ3) is 5.73. The number of guanidine groups is 1. The van der Waals surface area contributed by atoms with Gasteiger partial charge in [0.1, 0.15) is 11.6 Å². The number of benzene rings is 1. The van der Waals surface area contributed by atoms with Crippen molar-refractivity contribution in [1.82, 2.24) is 25.4 Å². The summed E-state index contributed by atoms with van der Waals surface area (Å²) in [6, 6.07) is 5.03. The van der Waals surface area contributed by atoms with E-state index in [9.17, 15) is 13.2 Å². The minimum Gasteiger partial charge on any atom is -0.356 e. The van der Waals surface area contributed by atoms with E-state index in [1.807, 2.05) is 6.92 Å². The van der Waals surface area contributed by atoms with E-state index in [2.05, 4.69) is 30.4 Å². The Morgan fingerprint density at radius 2 is 2.07 bits per heavy atom. The molecule has 1 unspecified atom stereocenters. The van der Waals surface area contributed by atoms with Crippen molar-refractivity contribution in [2.45, 2.75) is 64.2 Å². The number of aromatic nitrogens is 3. The number of rotatable bonds is 6. The molecule has 1 aliphatic heterocycles. The van der Waals surface area contributed by atoms with Gasteiger partial charge in [0.15, 0.2) is 5.96 Å². The van der Waals surface area contributed by atoms with Crippen molar-refractivity contribution < 1.29 is 13.2 Å². The molecule has 0 radical (unpaired) electrons. The van der Waals surface area contributed by atoms with E-state index in [0.717, 1.165) is 43.5 Å². The van der Waals surface area contributed by atoms with Crippen molar-refractivity contribution in [3.05, 3.63) is 47.0 Å². The third-order valence-electron chi connectivity index (χ3n) is 5.35. The molecule has 3 rings (SSSR count). The highest BCUT2D eigenvalue weighted by Gasteiger charge is 2.30. The lowest BCUT2D eigenvalue weighted by atomic mass is 10.1. The maximum absolute atomic E-state index is 12.9. The first-order valence-electron chi connectivity index (χ1n) is 10.4. The predicted molar refractivity (Wildman–Crippen MR) is 110 cm³/mol. The normalized spacial score (nSPS) is 16.0. The Kier molecular flexibility index (Phi) is 7.33. The number of nitrogens with one attached hydrogen (secondary N) is 2. The summed E-state index contributed by atoms with van der Waals surface area (Å²) >= 11 is 0. The molecule has 0 saturated heterocycles. The van der Waals surface area contributed by atoms with Gasteiger partial charge in [-0.2, -0.15) is 13.2 Å². The van der Waals surface area contributed by atoms with E-state index in [4.69, 9.17) is 0 Å². The summed E-state index contributed by atoms with van der Waals surface area (Å²) in [5, 5.41) is 15.0. The summed E-state index contributed by atoms with van der Waals surface area (Å²) in [4.78, 5) is 4.18. The van der Waals surface area contributed by atoms with Crippen LogP contribution in [-0.4, -0.2) is 34.3 Å². The molecule has 0 aliphatic carbocycles. The number of nitrogens with zero attached hydrogens (tertiary/aromatic N) is 4. The van der Waals surface area contributed by atoms with E-state index in [1.54, 1.807) is 13.1 Å². The Labute approximate surface area is 175 Å². The van der Waals surface area contributed by atoms with Crippen molar-refractivity contribution >= 4 is 5.96 Å². The fraction of sp³-hybridized carbons (Fsp3) is 0.571. The molecule has 2 heterocycles. The molecule has 1 aromatic carbocycles. The molecule has 1 aliphatic rings. The molecule has 2 N–H and O–H groups in total. The number of halogens is 3. The van der Waals surface area contributed by atoms with Crippen molar-refractivity contribution in [2.24, 2.45) is 4.99 Å². The van der Waals surface area contributed by atoms with Crippen molar-refractivity contribution in [3.63, 3.8) is 0 Å². The zero-order chi connectivity index (χ0) is 21.6. The zero-order valence-corrected chi connectivity index (χ0v) is 17.5. The molecular formula is C21H29F3N6. The van der Waals surface area contributed by atoms with Gasteiger partial charge in [0.05, 0.1) is 11.6 Å². The average molecular weight is 422 g/mol. The van der Waals surface area contributed by atoms with E-state index in [-0.39, 0.29) is 6.04 Å². The van der Waals surface area contributed by atoms with Gasteiger partial charge in [0, 0.05) is 33.0 Å². The molecule has 1 atom stereocenters. The van der Waals surface area contributed by atoms with Crippen LogP contribution < -0.4 is 10.6 Å². The molecule has 164 valence electrons. The molecule has 9 heteroatoms. The Balaban J connectivity index is 1.49. The molecule has 0 saturated carbocycles. The first kappa shape index (κ1) is 22.1. The molecule has 0 fully saturated rings. The second-order valence-electron chi connectivity index (χ2n) is 7.59. The third-order valence-corrected chi connectivity index (χ3v) is 5.35. The van der Waals surface area contributed by atoms with Crippen LogP contribution in [0.4, 0.5) is 13.2 Å². The number of aliphatic imine (C=N–C) groups is 1. The summed E-state index contributed by atoms with van der Waals surface area (Å²) in [7, 11) is 1.65. The van der Waals surface area contributed by atoms with Gasteiger partial charge in [-0.3, -0.25) is 4.99 Å². The van der Waals surface area contributed by atoms with Gasteiger partial charge in [0.25, 0.3) is 0 Å². The van der Waals surface area contributed by atoms with Crippen LogP contribution in [0.3, 0.4) is 0 Å². The molecule has 30 heavy (non-hydrogen) atoms. The lowest BCUT2D eigenvalue weighted by Gasteiger charge is -2.19. The largest absolute Gasteiger partial charge is 0.416 e. The highest BCUT2D eigenvalue weighted by molar-refractivity contribution is 5.80. The van der Waals surface area contributed by atoms with Crippen molar-refractivity contribution in [1.29, 1.82) is 0 Å². The first-order valence-corrected chi connectivity index (χ1v) is 10.4. The summed E-state index contributed by atoms with van der Waals surface area (Å²) in [5.74, 6) is 2.66. The molecular weight excluding hydrogens is 393 g/mol. The van der Waals surface area contributed by atoms with E-state index in [0.29, 0.717) is 18.1 Å². The Bertz CT molecular complexity index is 859. The van der Waals surface area contributed by atoms with Gasteiger partial charge >= 0.3 is 6.18 Å². The molecule has 0 bridgehead atoms. The van der Waals surface area contributed by atoms with E-state index >= 15 is 0 Å². The minimum atomic E-state index is -4.35. The SMILES string of the molecule is CN=C(NCCCc1nnc2n1CCCCC2)NC(C)c1cccc(C(F)(F)F)c1. The quantitative estimate of drug-likeness (QED) is 0.421. The summed E-state index contributed by atoms with van der Waals surface area (Å²) in [6.45, 7) is 3.48. The molecule has 0 amide bonds. The minimum absolute atomic E-state index is 0.314. The van der Waals surface area contributed by atoms with Gasteiger partial charge in [-0.1, -0.05) is 18.6 Å². The second kappa shape index (κ2) is 9.95. The van der Waals surface area contributed by atoms with Gasteiger partial charge in [0.2, 0.25) is 0 Å². The maximum Gasteiger partial charge on any atom is 0.416 e.